The molecule has 2 aromatic carbocycles. The Morgan fingerprint density at radius 3 is 2.74 bits per heavy atom. The minimum absolute atomic E-state index is 0.357. The second-order valence-corrected chi connectivity index (χ2v) is 6.82. The van der Waals surface area contributed by atoms with Crippen molar-refractivity contribution in [1.82, 2.24) is 4.90 Å². The van der Waals surface area contributed by atoms with E-state index in [0.717, 1.165) is 36.3 Å². The van der Waals surface area contributed by atoms with E-state index < -0.39 is 0 Å². The van der Waals surface area contributed by atoms with E-state index in [9.17, 15) is 0 Å². The maximum atomic E-state index is 6.06. The summed E-state index contributed by atoms with van der Waals surface area (Å²) in [6.07, 6.45) is 1.46. The standard InChI is InChI=1S/C19H22BrNO2/c1-22-18-9-10-21(13-18)12-16-11-17(20)7-8-19(16)23-14-15-5-3-2-4-6-15/h2-8,11,18H,9-10,12-14H2,1H3/t18-/m1/s1. The van der Waals surface area contributed by atoms with Crippen LogP contribution in [0.1, 0.15) is 17.5 Å². The number of hydrogen-bond donors (Lipinski definition) is 0. The summed E-state index contributed by atoms with van der Waals surface area (Å²) in [6, 6.07) is 16.5. The molecule has 1 aliphatic rings. The molecule has 0 unspecified atom stereocenters. The Labute approximate surface area is 146 Å². The molecule has 0 amide bonds. The molecule has 0 radical (unpaired) electrons. The molecule has 122 valence electrons. The van der Waals surface area contributed by atoms with Crippen molar-refractivity contribution in [2.75, 3.05) is 20.2 Å². The van der Waals surface area contributed by atoms with Gasteiger partial charge < -0.3 is 9.47 Å². The van der Waals surface area contributed by atoms with Crippen LogP contribution in [0.15, 0.2) is 53.0 Å². The molecule has 1 fully saturated rings. The maximum absolute atomic E-state index is 6.06. The van der Waals surface area contributed by atoms with Crippen LogP contribution in [0.3, 0.4) is 0 Å². The molecule has 23 heavy (non-hydrogen) atoms. The molecule has 0 saturated carbocycles. The zero-order valence-corrected chi connectivity index (χ0v) is 15.0. The van der Waals surface area contributed by atoms with Gasteiger partial charge in [0.15, 0.2) is 0 Å². The molecule has 1 saturated heterocycles. The van der Waals surface area contributed by atoms with Crippen LogP contribution >= 0.6 is 15.9 Å². The van der Waals surface area contributed by atoms with Crippen LogP contribution in [-0.2, 0) is 17.9 Å². The Kier molecular flexibility index (Phi) is 5.70. The van der Waals surface area contributed by atoms with Crippen molar-refractivity contribution in [1.29, 1.82) is 0 Å². The molecular formula is C19H22BrNO2. The second kappa shape index (κ2) is 7.95. The van der Waals surface area contributed by atoms with E-state index in [4.69, 9.17) is 9.47 Å². The Hall–Kier alpha value is -1.36. The van der Waals surface area contributed by atoms with E-state index in [0.29, 0.717) is 12.7 Å². The molecule has 3 nitrogen and oxygen atoms in total. The highest BCUT2D eigenvalue weighted by Gasteiger charge is 2.22. The Morgan fingerprint density at radius 2 is 2.00 bits per heavy atom. The average Bonchev–Trinajstić information content (AvgIpc) is 3.03. The van der Waals surface area contributed by atoms with Gasteiger partial charge in [0.1, 0.15) is 12.4 Å². The van der Waals surface area contributed by atoms with Crippen molar-refractivity contribution in [3.63, 3.8) is 0 Å². The van der Waals surface area contributed by atoms with Crippen LogP contribution in [0.2, 0.25) is 0 Å². The van der Waals surface area contributed by atoms with E-state index in [-0.39, 0.29) is 0 Å². The number of nitrogens with zero attached hydrogens (tertiary/aromatic N) is 1. The van der Waals surface area contributed by atoms with Crippen LogP contribution < -0.4 is 4.74 Å². The third-order valence-corrected chi connectivity index (χ3v) is 4.71. The van der Waals surface area contributed by atoms with Crippen LogP contribution in [0.4, 0.5) is 0 Å². The zero-order chi connectivity index (χ0) is 16.1. The number of methoxy groups -OCH3 is 1. The molecule has 1 aliphatic heterocycles. The molecule has 4 heteroatoms. The molecular weight excluding hydrogens is 354 g/mol. The fourth-order valence-corrected chi connectivity index (χ4v) is 3.33. The summed E-state index contributed by atoms with van der Waals surface area (Å²) >= 11 is 3.57. The predicted octanol–water partition coefficient (Wildman–Crippen LogP) is 4.25. The van der Waals surface area contributed by atoms with Crippen LogP contribution in [0.25, 0.3) is 0 Å². The lowest BCUT2D eigenvalue weighted by Gasteiger charge is -2.19. The molecule has 2 aromatic rings. The number of rotatable bonds is 6. The number of benzene rings is 2. The Morgan fingerprint density at radius 1 is 1.17 bits per heavy atom. The van der Waals surface area contributed by atoms with Gasteiger partial charge >= 0.3 is 0 Å². The molecule has 0 spiro atoms. The first-order chi connectivity index (χ1) is 11.2. The van der Waals surface area contributed by atoms with Gasteiger partial charge in [0, 0.05) is 36.8 Å². The lowest BCUT2D eigenvalue weighted by molar-refractivity contribution is 0.107. The first-order valence-corrected chi connectivity index (χ1v) is 8.74. The summed E-state index contributed by atoms with van der Waals surface area (Å²) in [5.74, 6) is 0.956. The summed E-state index contributed by atoms with van der Waals surface area (Å²) in [5, 5.41) is 0. The number of likely N-dealkylation sites (tertiary alicyclic amines) is 1. The lowest BCUT2D eigenvalue weighted by Crippen LogP contribution is -2.22. The van der Waals surface area contributed by atoms with Gasteiger partial charge in [-0.25, -0.2) is 0 Å². The van der Waals surface area contributed by atoms with Gasteiger partial charge in [-0.05, 0) is 30.2 Å². The number of ether oxygens (including phenoxy) is 2. The van der Waals surface area contributed by atoms with Gasteiger partial charge in [-0.15, -0.1) is 0 Å². The summed E-state index contributed by atoms with van der Waals surface area (Å²) in [7, 11) is 1.79. The lowest BCUT2D eigenvalue weighted by atomic mass is 10.2. The van der Waals surface area contributed by atoms with E-state index in [2.05, 4.69) is 39.0 Å². The molecule has 0 N–H and O–H groups in total. The van der Waals surface area contributed by atoms with Gasteiger partial charge in [0.25, 0.3) is 0 Å². The summed E-state index contributed by atoms with van der Waals surface area (Å²) in [5.41, 5.74) is 2.40. The van der Waals surface area contributed by atoms with Crippen molar-refractivity contribution in [2.45, 2.75) is 25.7 Å². The van der Waals surface area contributed by atoms with Crippen molar-refractivity contribution in [3.05, 3.63) is 64.1 Å². The normalized spacial score (nSPS) is 18.3. The second-order valence-electron chi connectivity index (χ2n) is 5.91. The summed E-state index contributed by atoms with van der Waals surface area (Å²) < 4.78 is 12.6. The van der Waals surface area contributed by atoms with Gasteiger partial charge in [-0.1, -0.05) is 46.3 Å². The Balaban J connectivity index is 1.68. The fourth-order valence-electron chi connectivity index (χ4n) is 2.92. The molecule has 0 bridgehead atoms. The Bertz CT molecular complexity index is 633. The third-order valence-electron chi connectivity index (χ3n) is 4.22. The minimum Gasteiger partial charge on any atom is -0.489 e. The van der Waals surface area contributed by atoms with E-state index in [1.165, 1.54) is 11.1 Å². The maximum Gasteiger partial charge on any atom is 0.124 e. The minimum atomic E-state index is 0.357. The highest BCUT2D eigenvalue weighted by Crippen LogP contribution is 2.27. The summed E-state index contributed by atoms with van der Waals surface area (Å²) in [6.45, 7) is 3.55. The quantitative estimate of drug-likeness (QED) is 0.753. The molecule has 0 aliphatic carbocycles. The van der Waals surface area contributed by atoms with Gasteiger partial charge in [0.05, 0.1) is 6.10 Å². The first kappa shape index (κ1) is 16.5. The molecule has 3 rings (SSSR count). The van der Waals surface area contributed by atoms with Crippen molar-refractivity contribution >= 4 is 15.9 Å². The van der Waals surface area contributed by atoms with Crippen LogP contribution in [0.5, 0.6) is 5.75 Å². The average molecular weight is 376 g/mol. The van der Waals surface area contributed by atoms with Crippen LogP contribution in [-0.4, -0.2) is 31.2 Å². The van der Waals surface area contributed by atoms with Gasteiger partial charge in [0.2, 0.25) is 0 Å². The number of halogens is 1. The topological polar surface area (TPSA) is 21.7 Å². The van der Waals surface area contributed by atoms with Crippen molar-refractivity contribution in [2.24, 2.45) is 0 Å². The summed E-state index contributed by atoms with van der Waals surface area (Å²) in [4.78, 5) is 2.42. The van der Waals surface area contributed by atoms with Crippen molar-refractivity contribution < 1.29 is 9.47 Å². The zero-order valence-electron chi connectivity index (χ0n) is 13.4. The van der Waals surface area contributed by atoms with Gasteiger partial charge in [-0.2, -0.15) is 0 Å². The largest absolute Gasteiger partial charge is 0.489 e. The predicted molar refractivity (Wildman–Crippen MR) is 95.6 cm³/mol. The SMILES string of the molecule is CO[C@@H]1CCN(Cc2cc(Br)ccc2OCc2ccccc2)C1. The first-order valence-electron chi connectivity index (χ1n) is 7.95. The highest BCUT2D eigenvalue weighted by atomic mass is 79.9. The van der Waals surface area contributed by atoms with E-state index in [1.807, 2.05) is 30.3 Å². The fraction of sp³-hybridized carbons (Fsp3) is 0.368. The molecule has 0 aromatic heterocycles. The van der Waals surface area contributed by atoms with Crippen LogP contribution in [0, 0.1) is 0 Å². The van der Waals surface area contributed by atoms with E-state index in [1.54, 1.807) is 7.11 Å². The third kappa shape index (κ3) is 4.56. The van der Waals surface area contributed by atoms with Crippen molar-refractivity contribution in [3.8, 4) is 5.75 Å². The smallest absolute Gasteiger partial charge is 0.124 e. The molecule has 1 atom stereocenters. The van der Waals surface area contributed by atoms with E-state index >= 15 is 0 Å². The highest BCUT2D eigenvalue weighted by molar-refractivity contribution is 9.10. The monoisotopic (exact) mass is 375 g/mol. The molecule has 1 heterocycles. The van der Waals surface area contributed by atoms with Gasteiger partial charge in [-0.3, -0.25) is 4.90 Å². The number of hydrogen-bond acceptors (Lipinski definition) is 3.